The van der Waals surface area contributed by atoms with Crippen LogP contribution in [0.25, 0.3) is 0 Å². The predicted octanol–water partition coefficient (Wildman–Crippen LogP) is 0.228. The molecule has 162 valence electrons. The summed E-state index contributed by atoms with van der Waals surface area (Å²) in [5, 5.41) is 8.73. The third-order valence-electron chi connectivity index (χ3n) is 6.23. The maximum Gasteiger partial charge on any atom is 0.344 e. The van der Waals surface area contributed by atoms with Crippen molar-refractivity contribution in [3.8, 4) is 0 Å². The van der Waals surface area contributed by atoms with Gasteiger partial charge in [0, 0.05) is 12.2 Å². The Morgan fingerprint density at radius 1 is 1.30 bits per heavy atom. The van der Waals surface area contributed by atoms with Crippen molar-refractivity contribution >= 4 is 33.6 Å². The Morgan fingerprint density at radius 2 is 2.00 bits per heavy atom. The van der Waals surface area contributed by atoms with Crippen LogP contribution in [0.4, 0.5) is 10.5 Å². The van der Waals surface area contributed by atoms with Crippen LogP contribution in [0.1, 0.15) is 38.2 Å². The van der Waals surface area contributed by atoms with E-state index in [1.54, 1.807) is 11.0 Å². The topological polar surface area (TPSA) is 142 Å². The molecule has 1 saturated heterocycles. The lowest BCUT2D eigenvalue weighted by molar-refractivity contribution is -0.139. The Morgan fingerprint density at radius 3 is 2.67 bits per heavy atom. The number of rotatable bonds is 4. The van der Waals surface area contributed by atoms with E-state index in [1.165, 1.54) is 12.1 Å². The first-order chi connectivity index (χ1) is 14.1. The van der Waals surface area contributed by atoms with Crippen molar-refractivity contribution in [2.75, 3.05) is 18.0 Å². The van der Waals surface area contributed by atoms with Gasteiger partial charge in [0.05, 0.1) is 11.4 Å². The Hall–Kier alpha value is -2.66. The molecule has 4 N–H and O–H groups in total. The average molecular weight is 436 g/mol. The van der Waals surface area contributed by atoms with Gasteiger partial charge in [0.1, 0.15) is 5.54 Å². The molecule has 2 heterocycles. The standard InChI is InChI=1S/C19H25N5O5S/c1-12-4-7-19(8-5-12)17(26)24(18(27)21-19)22-16(25)11-23-9-6-13-10-14(30(20,28)29)2-3-15(13)23/h2-3,10,12H,4-9,11H2,1H3,(H,21,27)(H,22,25)(H2,20,28,29). The van der Waals surface area contributed by atoms with Crippen LogP contribution < -0.4 is 20.8 Å². The van der Waals surface area contributed by atoms with E-state index in [0.717, 1.165) is 29.1 Å². The zero-order chi connectivity index (χ0) is 21.7. The van der Waals surface area contributed by atoms with Gasteiger partial charge in [-0.15, -0.1) is 0 Å². The van der Waals surface area contributed by atoms with E-state index >= 15 is 0 Å². The Balaban J connectivity index is 1.42. The van der Waals surface area contributed by atoms with Gasteiger partial charge in [-0.2, -0.15) is 5.01 Å². The van der Waals surface area contributed by atoms with Gasteiger partial charge in [0.15, 0.2) is 0 Å². The van der Waals surface area contributed by atoms with Crippen molar-refractivity contribution in [2.45, 2.75) is 49.5 Å². The summed E-state index contributed by atoms with van der Waals surface area (Å²) in [7, 11) is -3.80. The molecule has 30 heavy (non-hydrogen) atoms. The molecule has 0 radical (unpaired) electrons. The van der Waals surface area contributed by atoms with Crippen LogP contribution in [-0.4, -0.2) is 49.9 Å². The Labute approximate surface area is 174 Å². The summed E-state index contributed by atoms with van der Waals surface area (Å²) >= 11 is 0. The number of hydrazine groups is 1. The zero-order valence-electron chi connectivity index (χ0n) is 16.7. The molecule has 4 rings (SSSR count). The number of sulfonamides is 1. The number of hydrogen-bond acceptors (Lipinski definition) is 6. The smallest absolute Gasteiger partial charge is 0.344 e. The second kappa shape index (κ2) is 7.24. The van der Waals surface area contributed by atoms with Gasteiger partial charge in [-0.25, -0.2) is 18.4 Å². The van der Waals surface area contributed by atoms with Gasteiger partial charge in [0.2, 0.25) is 10.0 Å². The van der Waals surface area contributed by atoms with Gasteiger partial charge in [-0.3, -0.25) is 15.0 Å². The van der Waals surface area contributed by atoms with E-state index in [4.69, 9.17) is 5.14 Å². The number of imide groups is 1. The average Bonchev–Trinajstić information content (AvgIpc) is 3.18. The van der Waals surface area contributed by atoms with Crippen LogP contribution in [0.3, 0.4) is 0 Å². The van der Waals surface area contributed by atoms with Crippen LogP contribution in [-0.2, 0) is 26.0 Å². The fourth-order valence-electron chi connectivity index (χ4n) is 4.44. The highest BCUT2D eigenvalue weighted by Crippen LogP contribution is 2.36. The van der Waals surface area contributed by atoms with Crippen molar-refractivity contribution < 1.29 is 22.8 Å². The number of anilines is 1. The van der Waals surface area contributed by atoms with E-state index in [-0.39, 0.29) is 11.4 Å². The summed E-state index contributed by atoms with van der Waals surface area (Å²) in [6.45, 7) is 2.56. The second-order valence-corrected chi connectivity index (χ2v) is 9.94. The highest BCUT2D eigenvalue weighted by molar-refractivity contribution is 7.89. The van der Waals surface area contributed by atoms with Crippen molar-refractivity contribution in [1.29, 1.82) is 0 Å². The fourth-order valence-corrected chi connectivity index (χ4v) is 5.00. The lowest BCUT2D eigenvalue weighted by Gasteiger charge is -2.33. The number of carbonyl (C=O) groups is 3. The number of hydrogen-bond donors (Lipinski definition) is 3. The summed E-state index contributed by atoms with van der Waals surface area (Å²) < 4.78 is 23.0. The van der Waals surface area contributed by atoms with Gasteiger partial charge in [0.25, 0.3) is 11.8 Å². The molecule has 2 fully saturated rings. The minimum Gasteiger partial charge on any atom is -0.362 e. The summed E-state index contributed by atoms with van der Waals surface area (Å²) in [6, 6.07) is 3.91. The van der Waals surface area contributed by atoms with Crippen molar-refractivity contribution in [3.63, 3.8) is 0 Å². The molecule has 1 aromatic rings. The molecule has 2 aliphatic heterocycles. The molecule has 0 bridgehead atoms. The summed E-state index contributed by atoms with van der Waals surface area (Å²) in [5.41, 5.74) is 3.02. The molecule has 11 heteroatoms. The number of urea groups is 1. The number of nitrogens with zero attached hydrogens (tertiary/aromatic N) is 2. The molecule has 10 nitrogen and oxygen atoms in total. The third-order valence-corrected chi connectivity index (χ3v) is 7.14. The predicted molar refractivity (Wildman–Crippen MR) is 108 cm³/mol. The summed E-state index contributed by atoms with van der Waals surface area (Å²) in [6.07, 6.45) is 3.39. The third kappa shape index (κ3) is 3.63. The summed E-state index contributed by atoms with van der Waals surface area (Å²) in [4.78, 5) is 39.5. The molecule has 0 unspecified atom stereocenters. The Bertz CT molecular complexity index is 1020. The normalized spacial score (nSPS) is 26.1. The van der Waals surface area contributed by atoms with E-state index in [0.29, 0.717) is 31.7 Å². The highest BCUT2D eigenvalue weighted by Gasteiger charge is 2.52. The maximum atomic E-state index is 12.8. The van der Waals surface area contributed by atoms with Crippen LogP contribution in [0, 0.1) is 5.92 Å². The lowest BCUT2D eigenvalue weighted by Crippen LogP contribution is -2.52. The number of nitrogens with one attached hydrogen (secondary N) is 2. The molecule has 0 aromatic heterocycles. The minimum atomic E-state index is -3.80. The molecule has 1 aromatic carbocycles. The molecule has 4 amide bonds. The highest BCUT2D eigenvalue weighted by atomic mass is 32.2. The monoisotopic (exact) mass is 435 g/mol. The van der Waals surface area contributed by atoms with Gasteiger partial charge < -0.3 is 10.2 Å². The molecule has 1 saturated carbocycles. The molecular weight excluding hydrogens is 410 g/mol. The molecule has 1 spiro atoms. The van der Waals surface area contributed by atoms with Crippen LogP contribution in [0.15, 0.2) is 23.1 Å². The van der Waals surface area contributed by atoms with Crippen molar-refractivity contribution in [2.24, 2.45) is 11.1 Å². The zero-order valence-corrected chi connectivity index (χ0v) is 17.5. The van der Waals surface area contributed by atoms with Crippen molar-refractivity contribution in [3.05, 3.63) is 23.8 Å². The first-order valence-corrected chi connectivity index (χ1v) is 11.5. The molecule has 0 atom stereocenters. The SMILES string of the molecule is CC1CCC2(CC1)NC(=O)N(NC(=O)CN1CCc3cc(S(N)(=O)=O)ccc31)C2=O. The number of primary sulfonamides is 1. The molecule has 1 aliphatic carbocycles. The van der Waals surface area contributed by atoms with Crippen molar-refractivity contribution in [1.82, 2.24) is 15.8 Å². The van der Waals surface area contributed by atoms with E-state index < -0.39 is 33.4 Å². The number of amides is 4. The van der Waals surface area contributed by atoms with Crippen LogP contribution >= 0.6 is 0 Å². The molecule has 3 aliphatic rings. The van der Waals surface area contributed by atoms with Gasteiger partial charge in [-0.1, -0.05) is 6.92 Å². The first kappa shape index (κ1) is 20.6. The van der Waals surface area contributed by atoms with E-state index in [1.807, 2.05) is 0 Å². The Kier molecular flexibility index (Phi) is 4.97. The summed E-state index contributed by atoms with van der Waals surface area (Å²) in [5.74, 6) is -0.399. The van der Waals surface area contributed by atoms with Crippen LogP contribution in [0.2, 0.25) is 0 Å². The van der Waals surface area contributed by atoms with E-state index in [9.17, 15) is 22.8 Å². The van der Waals surface area contributed by atoms with Gasteiger partial charge in [-0.05, 0) is 61.8 Å². The fraction of sp³-hybridized carbons (Fsp3) is 0.526. The maximum absolute atomic E-state index is 12.8. The first-order valence-electron chi connectivity index (χ1n) is 9.96. The van der Waals surface area contributed by atoms with E-state index in [2.05, 4.69) is 17.7 Å². The number of fused-ring (bicyclic) bond motifs is 1. The number of carbonyl (C=O) groups excluding carboxylic acids is 3. The van der Waals surface area contributed by atoms with Crippen LogP contribution in [0.5, 0.6) is 0 Å². The second-order valence-electron chi connectivity index (χ2n) is 8.38. The number of benzene rings is 1. The van der Waals surface area contributed by atoms with Gasteiger partial charge >= 0.3 is 6.03 Å². The number of nitrogens with two attached hydrogens (primary N) is 1. The lowest BCUT2D eigenvalue weighted by atomic mass is 9.77. The molecular formula is C19H25N5O5S. The largest absolute Gasteiger partial charge is 0.362 e. The minimum absolute atomic E-state index is 0.0268. The quantitative estimate of drug-likeness (QED) is 0.578.